The molecule has 0 aromatic carbocycles. The van der Waals surface area contributed by atoms with E-state index in [1.54, 1.807) is 0 Å². The molecule has 184 valence electrons. The predicted octanol–water partition coefficient (Wildman–Crippen LogP) is -1.69. The Kier molecular flexibility index (Phi) is 13.8. The third-order valence-corrected chi connectivity index (χ3v) is 4.68. The van der Waals surface area contributed by atoms with Crippen LogP contribution in [-0.2, 0) is 24.0 Å². The molecule has 0 fully saturated rings. The molecule has 0 radical (unpaired) electrons. The lowest BCUT2D eigenvalue weighted by molar-refractivity contribution is -0.142. The zero-order chi connectivity index (χ0) is 24.8. The highest BCUT2D eigenvalue weighted by Gasteiger charge is 2.29. The Hall–Kier alpha value is -2.73. The number of rotatable bonds is 16. The van der Waals surface area contributed by atoms with Crippen LogP contribution in [0.2, 0.25) is 0 Å². The van der Waals surface area contributed by atoms with E-state index in [4.69, 9.17) is 22.3 Å². The van der Waals surface area contributed by atoms with Gasteiger partial charge in [0.2, 0.25) is 23.6 Å². The van der Waals surface area contributed by atoms with Crippen molar-refractivity contribution < 1.29 is 29.1 Å². The standard InChI is InChI=1S/C20H38N6O6/c1-11(2)10-13(22)17(28)25-14(6-4-5-9-21)19(30)26-15(7-8-16(23)27)18(29)24-12(3)20(31)32/h11-15H,4-10,21-22H2,1-3H3,(H2,23,27)(H,24,29)(H,25,28)(H,26,30)(H,31,32). The van der Waals surface area contributed by atoms with Crippen molar-refractivity contribution in [1.29, 1.82) is 0 Å². The van der Waals surface area contributed by atoms with Crippen LogP contribution in [0.15, 0.2) is 0 Å². The van der Waals surface area contributed by atoms with Crippen LogP contribution in [0.4, 0.5) is 0 Å². The summed E-state index contributed by atoms with van der Waals surface area (Å²) in [5.41, 5.74) is 16.5. The quantitative estimate of drug-likeness (QED) is 0.132. The molecule has 0 bridgehead atoms. The molecule has 0 aliphatic carbocycles. The molecule has 0 saturated carbocycles. The van der Waals surface area contributed by atoms with Crippen molar-refractivity contribution in [2.75, 3.05) is 6.54 Å². The van der Waals surface area contributed by atoms with Crippen LogP contribution < -0.4 is 33.2 Å². The highest BCUT2D eigenvalue weighted by atomic mass is 16.4. The van der Waals surface area contributed by atoms with Gasteiger partial charge in [-0.25, -0.2) is 0 Å². The highest BCUT2D eigenvalue weighted by molar-refractivity contribution is 5.94. The summed E-state index contributed by atoms with van der Waals surface area (Å²) in [5, 5.41) is 16.3. The number of carbonyl (C=O) groups is 5. The molecule has 0 aliphatic heterocycles. The molecule has 4 unspecified atom stereocenters. The number of carboxylic acids is 1. The van der Waals surface area contributed by atoms with Gasteiger partial charge < -0.3 is 38.3 Å². The number of nitrogens with two attached hydrogens (primary N) is 3. The summed E-state index contributed by atoms with van der Waals surface area (Å²) < 4.78 is 0. The first kappa shape index (κ1) is 29.3. The van der Waals surface area contributed by atoms with E-state index in [2.05, 4.69) is 16.0 Å². The van der Waals surface area contributed by atoms with Gasteiger partial charge in [-0.1, -0.05) is 13.8 Å². The molecular formula is C20H38N6O6. The van der Waals surface area contributed by atoms with Gasteiger partial charge in [-0.2, -0.15) is 0 Å². The second-order valence-electron chi connectivity index (χ2n) is 8.22. The number of hydrogen-bond donors (Lipinski definition) is 7. The topological polar surface area (TPSA) is 220 Å². The van der Waals surface area contributed by atoms with Crippen LogP contribution in [-0.4, -0.2) is 65.4 Å². The Morgan fingerprint density at radius 1 is 0.844 bits per heavy atom. The summed E-state index contributed by atoms with van der Waals surface area (Å²) in [5.74, 6) is -3.69. The lowest BCUT2D eigenvalue weighted by Gasteiger charge is -2.25. The van der Waals surface area contributed by atoms with E-state index in [1.807, 2.05) is 13.8 Å². The molecule has 0 spiro atoms. The predicted molar refractivity (Wildman–Crippen MR) is 118 cm³/mol. The maximum atomic E-state index is 12.9. The van der Waals surface area contributed by atoms with Gasteiger partial charge in [-0.05, 0) is 51.5 Å². The second-order valence-corrected chi connectivity index (χ2v) is 8.22. The summed E-state index contributed by atoms with van der Waals surface area (Å²) in [6, 6.07) is -4.20. The van der Waals surface area contributed by atoms with Gasteiger partial charge in [-0.3, -0.25) is 24.0 Å². The smallest absolute Gasteiger partial charge is 0.325 e. The first-order valence-electron chi connectivity index (χ1n) is 10.8. The van der Waals surface area contributed by atoms with E-state index in [0.717, 1.165) is 0 Å². The van der Waals surface area contributed by atoms with E-state index in [0.29, 0.717) is 25.8 Å². The fraction of sp³-hybridized carbons (Fsp3) is 0.750. The Morgan fingerprint density at radius 3 is 1.88 bits per heavy atom. The monoisotopic (exact) mass is 458 g/mol. The zero-order valence-electron chi connectivity index (χ0n) is 19.1. The van der Waals surface area contributed by atoms with Crippen LogP contribution >= 0.6 is 0 Å². The normalized spacial score (nSPS) is 14.7. The average Bonchev–Trinajstić information content (AvgIpc) is 2.69. The van der Waals surface area contributed by atoms with Crippen molar-refractivity contribution in [1.82, 2.24) is 16.0 Å². The molecule has 0 heterocycles. The molecule has 0 aromatic heterocycles. The molecule has 12 heteroatoms. The molecule has 0 aromatic rings. The van der Waals surface area contributed by atoms with Gasteiger partial charge in [0.25, 0.3) is 0 Å². The van der Waals surface area contributed by atoms with Gasteiger partial charge in [0.1, 0.15) is 18.1 Å². The van der Waals surface area contributed by atoms with Crippen molar-refractivity contribution in [2.45, 2.75) is 83.5 Å². The fourth-order valence-corrected chi connectivity index (χ4v) is 2.86. The van der Waals surface area contributed by atoms with Crippen molar-refractivity contribution >= 4 is 29.6 Å². The Bertz CT molecular complexity index is 656. The van der Waals surface area contributed by atoms with Crippen molar-refractivity contribution in [3.05, 3.63) is 0 Å². The molecule has 10 N–H and O–H groups in total. The van der Waals surface area contributed by atoms with E-state index in [9.17, 15) is 24.0 Å². The van der Waals surface area contributed by atoms with Crippen molar-refractivity contribution in [3.63, 3.8) is 0 Å². The summed E-state index contributed by atoms with van der Waals surface area (Å²) in [6.45, 7) is 5.50. The molecule has 0 rings (SSSR count). The molecule has 0 aliphatic rings. The van der Waals surface area contributed by atoms with Gasteiger partial charge in [-0.15, -0.1) is 0 Å². The van der Waals surface area contributed by atoms with Crippen LogP contribution in [0.1, 0.15) is 59.3 Å². The van der Waals surface area contributed by atoms with E-state index < -0.39 is 53.8 Å². The molecule has 4 atom stereocenters. The summed E-state index contributed by atoms with van der Waals surface area (Å²) >= 11 is 0. The largest absolute Gasteiger partial charge is 0.480 e. The number of amides is 4. The molecule has 4 amide bonds. The van der Waals surface area contributed by atoms with Crippen LogP contribution in [0.3, 0.4) is 0 Å². The average molecular weight is 459 g/mol. The maximum absolute atomic E-state index is 12.9. The number of carbonyl (C=O) groups excluding carboxylic acids is 4. The first-order valence-corrected chi connectivity index (χ1v) is 10.8. The summed E-state index contributed by atoms with van der Waals surface area (Å²) in [4.78, 5) is 60.0. The zero-order valence-corrected chi connectivity index (χ0v) is 19.1. The summed E-state index contributed by atoms with van der Waals surface area (Å²) in [7, 11) is 0. The van der Waals surface area contributed by atoms with Gasteiger partial charge in [0, 0.05) is 6.42 Å². The molecule has 0 saturated heterocycles. The number of unbranched alkanes of at least 4 members (excludes halogenated alkanes) is 1. The number of primary amides is 1. The number of carboxylic acid groups (broad SMARTS) is 1. The van der Waals surface area contributed by atoms with Crippen LogP contribution in [0.5, 0.6) is 0 Å². The number of hydrogen-bond acceptors (Lipinski definition) is 7. The molecule has 32 heavy (non-hydrogen) atoms. The van der Waals surface area contributed by atoms with E-state index >= 15 is 0 Å². The third-order valence-electron chi connectivity index (χ3n) is 4.68. The number of aliphatic carboxylic acids is 1. The van der Waals surface area contributed by atoms with Crippen LogP contribution in [0, 0.1) is 5.92 Å². The SMILES string of the molecule is CC(C)CC(N)C(=O)NC(CCCCN)C(=O)NC(CCC(N)=O)C(=O)NC(C)C(=O)O. The molecule has 12 nitrogen and oxygen atoms in total. The van der Waals surface area contributed by atoms with Gasteiger partial charge >= 0.3 is 5.97 Å². The van der Waals surface area contributed by atoms with Crippen molar-refractivity contribution in [2.24, 2.45) is 23.1 Å². The highest BCUT2D eigenvalue weighted by Crippen LogP contribution is 2.07. The Balaban J connectivity index is 5.39. The minimum atomic E-state index is -1.26. The van der Waals surface area contributed by atoms with E-state index in [1.165, 1.54) is 6.92 Å². The Labute approximate surface area is 188 Å². The first-order chi connectivity index (χ1) is 14.9. The lowest BCUT2D eigenvalue weighted by atomic mass is 10.0. The molecular weight excluding hydrogens is 420 g/mol. The minimum absolute atomic E-state index is 0.129. The number of nitrogens with one attached hydrogen (secondary N) is 3. The second kappa shape index (κ2) is 15.1. The maximum Gasteiger partial charge on any atom is 0.325 e. The minimum Gasteiger partial charge on any atom is -0.480 e. The van der Waals surface area contributed by atoms with Gasteiger partial charge in [0.05, 0.1) is 6.04 Å². The Morgan fingerprint density at radius 2 is 1.38 bits per heavy atom. The lowest BCUT2D eigenvalue weighted by Crippen LogP contribution is -2.57. The van der Waals surface area contributed by atoms with Crippen molar-refractivity contribution in [3.8, 4) is 0 Å². The van der Waals surface area contributed by atoms with Crippen LogP contribution in [0.25, 0.3) is 0 Å². The third kappa shape index (κ3) is 12.2. The fourth-order valence-electron chi connectivity index (χ4n) is 2.86. The van der Waals surface area contributed by atoms with Gasteiger partial charge in [0.15, 0.2) is 0 Å². The van der Waals surface area contributed by atoms with E-state index in [-0.39, 0.29) is 25.2 Å². The summed E-state index contributed by atoms with van der Waals surface area (Å²) in [6.07, 6.45) is 1.53.